The van der Waals surface area contributed by atoms with Crippen LogP contribution < -0.4 is 5.32 Å². The summed E-state index contributed by atoms with van der Waals surface area (Å²) >= 11 is 0. The molecule has 2 unspecified atom stereocenters. The zero-order valence-corrected chi connectivity index (χ0v) is 11.0. The number of amides is 1. The van der Waals surface area contributed by atoms with Gasteiger partial charge in [0, 0.05) is 19.3 Å². The fourth-order valence-corrected chi connectivity index (χ4v) is 1.99. The summed E-state index contributed by atoms with van der Waals surface area (Å²) in [4.78, 5) is 11.9. The van der Waals surface area contributed by atoms with Crippen molar-refractivity contribution in [2.75, 3.05) is 13.2 Å². The second-order valence-electron chi connectivity index (χ2n) is 4.73. The Morgan fingerprint density at radius 2 is 2.40 bits per heavy atom. The van der Waals surface area contributed by atoms with E-state index in [4.69, 9.17) is 4.74 Å². The molecule has 1 amide bonds. The van der Waals surface area contributed by atoms with Gasteiger partial charge in [0.25, 0.3) is 0 Å². The smallest absolute Gasteiger partial charge is 0.376 e. The van der Waals surface area contributed by atoms with Crippen molar-refractivity contribution in [1.29, 1.82) is 0 Å². The lowest BCUT2D eigenvalue weighted by atomic mass is 10.2. The van der Waals surface area contributed by atoms with Gasteiger partial charge in [-0.2, -0.15) is 18.3 Å². The lowest BCUT2D eigenvalue weighted by Crippen LogP contribution is -2.36. The second kappa shape index (κ2) is 5.82. The van der Waals surface area contributed by atoms with Gasteiger partial charge in [0.05, 0.1) is 6.10 Å². The monoisotopic (exact) mass is 291 g/mol. The number of hydrogen-bond donors (Lipinski definition) is 1. The Bertz CT molecular complexity index is 467. The quantitative estimate of drug-likeness (QED) is 0.919. The molecule has 1 fully saturated rings. The maximum atomic E-state index is 12.4. The summed E-state index contributed by atoms with van der Waals surface area (Å²) in [6, 6.07) is 0.0524. The molecule has 0 aromatic carbocycles. The third-order valence-electron chi connectivity index (χ3n) is 3.20. The summed E-state index contributed by atoms with van der Waals surface area (Å²) in [7, 11) is 0. The van der Waals surface area contributed by atoms with Crippen molar-refractivity contribution in [2.24, 2.45) is 0 Å². The van der Waals surface area contributed by atoms with E-state index in [1.54, 1.807) is 0 Å². The van der Waals surface area contributed by atoms with Crippen molar-refractivity contribution in [3.05, 3.63) is 18.0 Å². The van der Waals surface area contributed by atoms with Crippen molar-refractivity contribution >= 4 is 5.91 Å². The number of hydrogen-bond acceptors (Lipinski definition) is 3. The molecule has 1 saturated heterocycles. The average Bonchev–Trinajstić information content (AvgIpc) is 3.04. The molecule has 1 aromatic heterocycles. The number of carbonyl (C=O) groups is 1. The first-order valence-corrected chi connectivity index (χ1v) is 6.39. The summed E-state index contributed by atoms with van der Waals surface area (Å²) < 4.78 is 43.6. The summed E-state index contributed by atoms with van der Waals surface area (Å²) in [5.74, 6) is -0.377. The minimum Gasteiger partial charge on any atom is -0.376 e. The Hall–Kier alpha value is -1.57. The molecule has 5 nitrogen and oxygen atoms in total. The molecule has 20 heavy (non-hydrogen) atoms. The van der Waals surface area contributed by atoms with Gasteiger partial charge < -0.3 is 10.1 Å². The fourth-order valence-electron chi connectivity index (χ4n) is 1.99. The van der Waals surface area contributed by atoms with Crippen LogP contribution >= 0.6 is 0 Å². The van der Waals surface area contributed by atoms with Gasteiger partial charge in [-0.25, -0.2) is 0 Å². The summed E-state index contributed by atoms with van der Waals surface area (Å²) in [6.45, 7) is 2.55. The van der Waals surface area contributed by atoms with Crippen LogP contribution in [0, 0.1) is 0 Å². The third-order valence-corrected chi connectivity index (χ3v) is 3.20. The van der Waals surface area contributed by atoms with E-state index in [-0.39, 0.29) is 12.0 Å². The van der Waals surface area contributed by atoms with Gasteiger partial charge in [0.2, 0.25) is 5.91 Å². The Kier molecular flexibility index (Phi) is 4.32. The molecule has 2 rings (SSSR count). The highest BCUT2D eigenvalue weighted by Gasteiger charge is 2.34. The van der Waals surface area contributed by atoms with Crippen LogP contribution in [-0.4, -0.2) is 34.9 Å². The minimum atomic E-state index is -4.50. The van der Waals surface area contributed by atoms with Crippen molar-refractivity contribution in [3.63, 3.8) is 0 Å². The van der Waals surface area contributed by atoms with E-state index in [2.05, 4.69) is 10.4 Å². The molecule has 0 spiro atoms. The Morgan fingerprint density at radius 3 is 2.95 bits per heavy atom. The van der Waals surface area contributed by atoms with Crippen molar-refractivity contribution in [2.45, 2.75) is 38.1 Å². The van der Waals surface area contributed by atoms with E-state index in [1.807, 2.05) is 0 Å². The molecule has 1 N–H and O–H groups in total. The van der Waals surface area contributed by atoms with Crippen molar-refractivity contribution in [1.82, 2.24) is 15.1 Å². The molecular formula is C12H16F3N3O2. The van der Waals surface area contributed by atoms with Gasteiger partial charge in [-0.05, 0) is 25.8 Å². The molecule has 112 valence electrons. The number of carbonyl (C=O) groups excluding carboxylic acids is 1. The highest BCUT2D eigenvalue weighted by atomic mass is 19.4. The normalized spacial score (nSPS) is 20.9. The van der Waals surface area contributed by atoms with E-state index < -0.39 is 17.9 Å². The molecule has 0 radical (unpaired) electrons. The molecule has 0 bridgehead atoms. The van der Waals surface area contributed by atoms with Crippen LogP contribution in [0.5, 0.6) is 0 Å². The van der Waals surface area contributed by atoms with Gasteiger partial charge in [-0.15, -0.1) is 0 Å². The lowest BCUT2D eigenvalue weighted by Gasteiger charge is -2.15. The highest BCUT2D eigenvalue weighted by molar-refractivity contribution is 5.79. The molecule has 1 aliphatic heterocycles. The first kappa shape index (κ1) is 14.8. The Morgan fingerprint density at radius 1 is 1.65 bits per heavy atom. The van der Waals surface area contributed by atoms with Crippen LogP contribution in [0.3, 0.4) is 0 Å². The topological polar surface area (TPSA) is 56.1 Å². The van der Waals surface area contributed by atoms with Crippen molar-refractivity contribution in [3.8, 4) is 0 Å². The highest BCUT2D eigenvalue weighted by Crippen LogP contribution is 2.27. The largest absolute Gasteiger partial charge is 0.435 e. The zero-order chi connectivity index (χ0) is 14.8. The van der Waals surface area contributed by atoms with E-state index in [0.29, 0.717) is 13.2 Å². The predicted octanol–water partition coefficient (Wildman–Crippen LogP) is 1.76. The molecule has 1 aliphatic rings. The van der Waals surface area contributed by atoms with Gasteiger partial charge in [-0.1, -0.05) is 0 Å². The fraction of sp³-hybridized carbons (Fsp3) is 0.667. The lowest BCUT2D eigenvalue weighted by molar-refractivity contribution is -0.142. The summed E-state index contributed by atoms with van der Waals surface area (Å²) in [5.41, 5.74) is -1.00. The summed E-state index contributed by atoms with van der Waals surface area (Å²) in [5, 5.41) is 6.05. The third kappa shape index (κ3) is 3.50. The van der Waals surface area contributed by atoms with E-state index in [9.17, 15) is 18.0 Å². The van der Waals surface area contributed by atoms with Gasteiger partial charge in [-0.3, -0.25) is 9.48 Å². The number of halogens is 3. The van der Waals surface area contributed by atoms with Crippen molar-refractivity contribution < 1.29 is 22.7 Å². The second-order valence-corrected chi connectivity index (χ2v) is 4.73. The predicted molar refractivity (Wildman–Crippen MR) is 63.9 cm³/mol. The molecule has 2 atom stereocenters. The Labute approximate surface area is 114 Å². The van der Waals surface area contributed by atoms with Gasteiger partial charge in [0.1, 0.15) is 6.04 Å². The molecule has 2 heterocycles. The number of nitrogens with one attached hydrogen (secondary N) is 1. The number of ether oxygens (including phenoxy) is 1. The van der Waals surface area contributed by atoms with Crippen LogP contribution in [0.1, 0.15) is 31.5 Å². The minimum absolute atomic E-state index is 0.00509. The van der Waals surface area contributed by atoms with Crippen LogP contribution in [0.4, 0.5) is 13.2 Å². The van der Waals surface area contributed by atoms with Gasteiger partial charge in [0.15, 0.2) is 5.69 Å². The molecule has 1 aromatic rings. The van der Waals surface area contributed by atoms with Crippen LogP contribution in [0.25, 0.3) is 0 Å². The first-order valence-electron chi connectivity index (χ1n) is 6.39. The Balaban J connectivity index is 1.90. The number of alkyl halides is 3. The zero-order valence-electron chi connectivity index (χ0n) is 11.0. The van der Waals surface area contributed by atoms with Gasteiger partial charge >= 0.3 is 6.18 Å². The van der Waals surface area contributed by atoms with E-state index in [0.717, 1.165) is 29.8 Å². The maximum Gasteiger partial charge on any atom is 0.435 e. The number of aromatic nitrogens is 2. The van der Waals surface area contributed by atoms with Crippen LogP contribution in [0.15, 0.2) is 12.3 Å². The van der Waals surface area contributed by atoms with E-state index in [1.165, 1.54) is 6.92 Å². The molecule has 0 aliphatic carbocycles. The molecular weight excluding hydrogens is 275 g/mol. The standard InChI is InChI=1S/C12H16F3N3O2/c1-8(11(19)16-7-9-3-2-6-20-9)18-5-4-10(17-18)12(13,14)15/h4-5,8-9H,2-3,6-7H2,1H3,(H,16,19). The summed E-state index contributed by atoms with van der Waals surface area (Å²) in [6.07, 6.45) is -1.51. The van der Waals surface area contributed by atoms with E-state index >= 15 is 0 Å². The molecule has 0 saturated carbocycles. The number of rotatable bonds is 4. The number of nitrogens with zero attached hydrogens (tertiary/aromatic N) is 2. The SMILES string of the molecule is CC(C(=O)NCC1CCCO1)n1ccc(C(F)(F)F)n1. The van der Waals surface area contributed by atoms with Crippen LogP contribution in [0.2, 0.25) is 0 Å². The first-order chi connectivity index (χ1) is 9.38. The molecule has 8 heteroatoms. The average molecular weight is 291 g/mol. The van der Waals surface area contributed by atoms with Crippen LogP contribution in [-0.2, 0) is 15.7 Å². The maximum absolute atomic E-state index is 12.4.